The zero-order valence-corrected chi connectivity index (χ0v) is 16.7. The molecular formula is C19H24ClN3O6. The number of aliphatic carboxylic acids is 2. The SMILES string of the molecule is COc1cc(N)c(Cl)cc1C(=O)NC1CN2CCC1CC2.O=C(O)/C=C/C(=O)O. The summed E-state index contributed by atoms with van der Waals surface area (Å²) >= 11 is 6.02. The number of carboxylic acid groups (broad SMARTS) is 2. The zero-order valence-electron chi connectivity index (χ0n) is 15.9. The molecule has 1 unspecified atom stereocenters. The molecule has 0 spiro atoms. The smallest absolute Gasteiger partial charge is 0.328 e. The highest BCUT2D eigenvalue weighted by molar-refractivity contribution is 6.33. The Morgan fingerprint density at radius 3 is 2.24 bits per heavy atom. The summed E-state index contributed by atoms with van der Waals surface area (Å²) in [5, 5.41) is 19.1. The molecule has 10 heteroatoms. The monoisotopic (exact) mass is 425 g/mol. The highest BCUT2D eigenvalue weighted by atomic mass is 35.5. The first-order chi connectivity index (χ1) is 13.7. The number of anilines is 1. The first-order valence-electron chi connectivity index (χ1n) is 9.01. The fourth-order valence-electron chi connectivity index (χ4n) is 3.43. The zero-order chi connectivity index (χ0) is 21.6. The van der Waals surface area contributed by atoms with Crippen LogP contribution in [-0.2, 0) is 9.59 Å². The van der Waals surface area contributed by atoms with Crippen LogP contribution in [0.2, 0.25) is 5.02 Å². The Hall–Kier alpha value is -2.78. The van der Waals surface area contributed by atoms with Crippen molar-refractivity contribution in [2.24, 2.45) is 5.92 Å². The summed E-state index contributed by atoms with van der Waals surface area (Å²) in [5.74, 6) is -1.63. The van der Waals surface area contributed by atoms with Crippen LogP contribution in [-0.4, -0.2) is 65.7 Å². The summed E-state index contributed by atoms with van der Waals surface area (Å²) in [7, 11) is 1.52. The van der Waals surface area contributed by atoms with Gasteiger partial charge in [0, 0.05) is 30.8 Å². The third-order valence-electron chi connectivity index (χ3n) is 4.90. The average Bonchev–Trinajstić information content (AvgIpc) is 2.69. The predicted octanol–water partition coefficient (Wildman–Crippen LogP) is 1.47. The van der Waals surface area contributed by atoms with Gasteiger partial charge in [0.15, 0.2) is 0 Å². The van der Waals surface area contributed by atoms with E-state index in [1.165, 1.54) is 7.11 Å². The molecule has 3 aliphatic rings. The molecule has 3 fully saturated rings. The van der Waals surface area contributed by atoms with E-state index in [2.05, 4.69) is 10.2 Å². The number of benzene rings is 1. The van der Waals surface area contributed by atoms with Crippen molar-refractivity contribution in [1.29, 1.82) is 0 Å². The van der Waals surface area contributed by atoms with Crippen LogP contribution in [0.25, 0.3) is 0 Å². The lowest BCUT2D eigenvalue weighted by molar-refractivity contribution is -0.134. The van der Waals surface area contributed by atoms with E-state index in [0.29, 0.717) is 40.1 Å². The van der Waals surface area contributed by atoms with E-state index in [-0.39, 0.29) is 11.9 Å². The maximum atomic E-state index is 12.5. The van der Waals surface area contributed by atoms with E-state index >= 15 is 0 Å². The summed E-state index contributed by atoms with van der Waals surface area (Å²) in [6.07, 6.45) is 3.43. The fourth-order valence-corrected chi connectivity index (χ4v) is 3.60. The van der Waals surface area contributed by atoms with Crippen LogP contribution < -0.4 is 15.8 Å². The minimum absolute atomic E-state index is 0.146. The highest BCUT2D eigenvalue weighted by Crippen LogP contribution is 2.31. The van der Waals surface area contributed by atoms with Gasteiger partial charge in [-0.25, -0.2) is 9.59 Å². The molecule has 0 aliphatic carbocycles. The molecule has 4 rings (SSSR count). The first kappa shape index (κ1) is 22.5. The van der Waals surface area contributed by atoms with Gasteiger partial charge in [0.1, 0.15) is 5.75 Å². The molecule has 9 nitrogen and oxygen atoms in total. The minimum atomic E-state index is -1.26. The van der Waals surface area contributed by atoms with Gasteiger partial charge in [-0.05, 0) is 37.9 Å². The number of carbonyl (C=O) groups is 3. The maximum absolute atomic E-state index is 12.5. The third-order valence-corrected chi connectivity index (χ3v) is 5.23. The normalized spacial score (nSPS) is 22.5. The van der Waals surface area contributed by atoms with Crippen LogP contribution in [0.3, 0.4) is 0 Å². The Morgan fingerprint density at radius 1 is 1.21 bits per heavy atom. The number of rotatable bonds is 5. The Kier molecular flexibility index (Phi) is 7.86. The van der Waals surface area contributed by atoms with Crippen LogP contribution in [0.15, 0.2) is 24.3 Å². The number of hydrogen-bond acceptors (Lipinski definition) is 6. The topological polar surface area (TPSA) is 142 Å². The molecule has 29 heavy (non-hydrogen) atoms. The predicted molar refractivity (Wildman–Crippen MR) is 107 cm³/mol. The first-order valence-corrected chi connectivity index (χ1v) is 9.39. The molecule has 0 radical (unpaired) electrons. The number of piperidine rings is 3. The molecule has 3 heterocycles. The molecule has 1 aromatic rings. The number of ether oxygens (including phenoxy) is 1. The van der Waals surface area contributed by atoms with Gasteiger partial charge in [-0.3, -0.25) is 4.79 Å². The Balaban J connectivity index is 0.000000321. The molecule has 5 N–H and O–H groups in total. The lowest BCUT2D eigenvalue weighted by Gasteiger charge is -2.44. The Labute approximate surface area is 173 Å². The van der Waals surface area contributed by atoms with Gasteiger partial charge in [-0.1, -0.05) is 11.6 Å². The van der Waals surface area contributed by atoms with Crippen molar-refractivity contribution in [2.75, 3.05) is 32.5 Å². The van der Waals surface area contributed by atoms with Crippen LogP contribution in [0.4, 0.5) is 5.69 Å². The standard InChI is InChI=1S/C15H20ClN3O2.C4H4O4/c1-21-14-7-12(17)11(16)6-10(14)15(20)18-13-8-19-4-2-9(13)3-5-19;5-3(6)1-2-4(7)8/h6-7,9,13H,2-5,8,17H2,1H3,(H,18,20);1-2H,(H,5,6)(H,7,8)/b;2-1+. The summed E-state index contributed by atoms with van der Waals surface area (Å²) < 4.78 is 5.24. The molecule has 1 amide bonds. The molecule has 2 bridgehead atoms. The number of hydrogen-bond donors (Lipinski definition) is 4. The second kappa shape index (κ2) is 10.1. The van der Waals surface area contributed by atoms with E-state index in [9.17, 15) is 14.4 Å². The molecular weight excluding hydrogens is 402 g/mol. The molecule has 0 aromatic heterocycles. The summed E-state index contributed by atoms with van der Waals surface area (Å²) in [5.41, 5.74) is 6.60. The molecule has 1 atom stereocenters. The lowest BCUT2D eigenvalue weighted by Crippen LogP contribution is -2.57. The fraction of sp³-hybridized carbons (Fsp3) is 0.421. The van der Waals surface area contributed by atoms with Crippen LogP contribution in [0.5, 0.6) is 5.75 Å². The Bertz CT molecular complexity index is 789. The minimum Gasteiger partial charge on any atom is -0.496 e. The van der Waals surface area contributed by atoms with Crippen LogP contribution >= 0.6 is 11.6 Å². The quantitative estimate of drug-likeness (QED) is 0.410. The van der Waals surface area contributed by atoms with Crippen molar-refractivity contribution in [3.8, 4) is 5.75 Å². The van der Waals surface area contributed by atoms with Gasteiger partial charge in [-0.2, -0.15) is 0 Å². The van der Waals surface area contributed by atoms with Crippen molar-refractivity contribution in [1.82, 2.24) is 10.2 Å². The van der Waals surface area contributed by atoms with Gasteiger partial charge in [-0.15, -0.1) is 0 Å². The average molecular weight is 426 g/mol. The van der Waals surface area contributed by atoms with Crippen molar-refractivity contribution in [3.05, 3.63) is 34.9 Å². The highest BCUT2D eigenvalue weighted by Gasteiger charge is 2.35. The maximum Gasteiger partial charge on any atom is 0.328 e. The van der Waals surface area contributed by atoms with E-state index in [1.54, 1.807) is 12.1 Å². The lowest BCUT2D eigenvalue weighted by atomic mass is 9.84. The Morgan fingerprint density at radius 2 is 1.79 bits per heavy atom. The third kappa shape index (κ3) is 6.37. The number of carbonyl (C=O) groups excluding carboxylic acids is 1. The summed E-state index contributed by atoms with van der Waals surface area (Å²) in [6, 6.07) is 3.38. The number of nitrogens with zero attached hydrogens (tertiary/aromatic N) is 1. The second-order valence-electron chi connectivity index (χ2n) is 6.80. The molecule has 1 aromatic carbocycles. The van der Waals surface area contributed by atoms with Crippen LogP contribution in [0, 0.1) is 5.92 Å². The number of nitrogens with two attached hydrogens (primary N) is 1. The second-order valence-corrected chi connectivity index (χ2v) is 7.21. The number of carboxylic acids is 2. The molecule has 3 saturated heterocycles. The van der Waals surface area contributed by atoms with Crippen molar-refractivity contribution < 1.29 is 29.3 Å². The molecule has 0 saturated carbocycles. The number of halogens is 1. The van der Waals surface area contributed by atoms with Gasteiger partial charge in [0.2, 0.25) is 0 Å². The van der Waals surface area contributed by atoms with Gasteiger partial charge >= 0.3 is 11.9 Å². The van der Waals surface area contributed by atoms with E-state index in [0.717, 1.165) is 32.5 Å². The summed E-state index contributed by atoms with van der Waals surface area (Å²) in [4.78, 5) is 34.0. The number of nitrogens with one attached hydrogen (secondary N) is 1. The molecule has 3 aliphatic heterocycles. The van der Waals surface area contributed by atoms with Crippen molar-refractivity contribution in [2.45, 2.75) is 18.9 Å². The number of nitrogen functional groups attached to an aromatic ring is 1. The van der Waals surface area contributed by atoms with Crippen molar-refractivity contribution >= 4 is 35.1 Å². The van der Waals surface area contributed by atoms with E-state index in [1.807, 2.05) is 0 Å². The van der Waals surface area contributed by atoms with Crippen molar-refractivity contribution in [3.63, 3.8) is 0 Å². The molecule has 158 valence electrons. The van der Waals surface area contributed by atoms with Gasteiger partial charge in [0.25, 0.3) is 5.91 Å². The largest absolute Gasteiger partial charge is 0.496 e. The van der Waals surface area contributed by atoms with E-state index < -0.39 is 11.9 Å². The number of amides is 1. The number of fused-ring (bicyclic) bond motifs is 3. The number of methoxy groups -OCH3 is 1. The van der Waals surface area contributed by atoms with E-state index in [4.69, 9.17) is 32.3 Å². The summed E-state index contributed by atoms with van der Waals surface area (Å²) in [6.45, 7) is 3.23. The van der Waals surface area contributed by atoms with Crippen LogP contribution in [0.1, 0.15) is 23.2 Å². The van der Waals surface area contributed by atoms with Gasteiger partial charge in [0.05, 0.1) is 23.4 Å². The van der Waals surface area contributed by atoms with Gasteiger partial charge < -0.3 is 30.9 Å².